The van der Waals surface area contributed by atoms with E-state index < -0.39 is 0 Å². The molecule has 0 saturated carbocycles. The molecule has 1 aromatic rings. The first kappa shape index (κ1) is 17.0. The van der Waals surface area contributed by atoms with Crippen molar-refractivity contribution in [2.24, 2.45) is 0 Å². The molecule has 0 spiro atoms. The van der Waals surface area contributed by atoms with Crippen molar-refractivity contribution in [3.63, 3.8) is 0 Å². The minimum Gasteiger partial charge on any atom is -0.497 e. The smallest absolute Gasteiger partial charge is 0.320 e. The molecule has 0 fully saturated rings. The third kappa shape index (κ3) is 5.47. The number of benzene rings is 1. The minimum absolute atomic E-state index is 0.209. The summed E-state index contributed by atoms with van der Waals surface area (Å²) in [5.41, 5.74) is 0.947. The van der Waals surface area contributed by atoms with Gasteiger partial charge in [-0.1, -0.05) is 6.08 Å². The van der Waals surface area contributed by atoms with Crippen molar-refractivity contribution >= 4 is 5.97 Å². The Morgan fingerprint density at radius 2 is 2.10 bits per heavy atom. The molecule has 5 nitrogen and oxygen atoms in total. The average molecular weight is 293 g/mol. The number of rotatable bonds is 9. The van der Waals surface area contributed by atoms with Gasteiger partial charge in [0, 0.05) is 18.7 Å². The maximum absolute atomic E-state index is 11.6. The number of ether oxygens (including phenoxy) is 3. The fourth-order valence-electron chi connectivity index (χ4n) is 2.00. The Bertz CT molecular complexity index is 473. The summed E-state index contributed by atoms with van der Waals surface area (Å²) in [6.45, 7) is 7.23. The Kier molecular flexibility index (Phi) is 7.32. The van der Waals surface area contributed by atoms with Crippen LogP contribution >= 0.6 is 0 Å². The van der Waals surface area contributed by atoms with E-state index in [0.29, 0.717) is 19.7 Å². The highest BCUT2D eigenvalue weighted by molar-refractivity contribution is 5.71. The van der Waals surface area contributed by atoms with Crippen LogP contribution in [0.15, 0.2) is 30.9 Å². The maximum Gasteiger partial charge on any atom is 0.320 e. The first-order valence-electron chi connectivity index (χ1n) is 6.84. The van der Waals surface area contributed by atoms with Gasteiger partial charge in [-0.25, -0.2) is 0 Å². The SMILES string of the molecule is C=CCN(CC(=O)OCC)Cc1cc(OC)ccc1OC. The summed E-state index contributed by atoms with van der Waals surface area (Å²) in [5, 5.41) is 0. The van der Waals surface area contributed by atoms with Gasteiger partial charge in [-0.3, -0.25) is 9.69 Å². The number of methoxy groups -OCH3 is 2. The molecule has 0 saturated heterocycles. The van der Waals surface area contributed by atoms with Crippen LogP contribution in [-0.2, 0) is 16.1 Å². The van der Waals surface area contributed by atoms with Gasteiger partial charge in [-0.05, 0) is 25.1 Å². The van der Waals surface area contributed by atoms with Gasteiger partial charge < -0.3 is 14.2 Å². The van der Waals surface area contributed by atoms with Gasteiger partial charge in [0.1, 0.15) is 11.5 Å². The molecule has 0 aromatic heterocycles. The van der Waals surface area contributed by atoms with Crippen molar-refractivity contribution in [2.75, 3.05) is 33.9 Å². The van der Waals surface area contributed by atoms with Gasteiger partial charge >= 0.3 is 5.97 Å². The van der Waals surface area contributed by atoms with Crippen LogP contribution in [-0.4, -0.2) is 44.8 Å². The standard InChI is InChI=1S/C16H23NO4/c1-5-9-17(12-16(18)21-6-2)11-13-10-14(19-3)7-8-15(13)20-4/h5,7-8,10H,1,6,9,11-12H2,2-4H3. The zero-order valence-electron chi connectivity index (χ0n) is 12.9. The van der Waals surface area contributed by atoms with Gasteiger partial charge in [-0.2, -0.15) is 0 Å². The summed E-state index contributed by atoms with van der Waals surface area (Å²) in [6, 6.07) is 5.59. The third-order valence-corrected chi connectivity index (χ3v) is 2.93. The van der Waals surface area contributed by atoms with E-state index in [9.17, 15) is 4.79 Å². The highest BCUT2D eigenvalue weighted by atomic mass is 16.5. The van der Waals surface area contributed by atoms with Crippen molar-refractivity contribution in [1.29, 1.82) is 0 Å². The molecule has 0 aliphatic heterocycles. The summed E-state index contributed by atoms with van der Waals surface area (Å²) in [6.07, 6.45) is 1.76. The second-order valence-corrected chi connectivity index (χ2v) is 4.44. The van der Waals surface area contributed by atoms with Crippen molar-refractivity contribution < 1.29 is 19.0 Å². The lowest BCUT2D eigenvalue weighted by atomic mass is 10.1. The highest BCUT2D eigenvalue weighted by Crippen LogP contribution is 2.25. The van der Waals surface area contributed by atoms with Crippen LogP contribution in [0.3, 0.4) is 0 Å². The van der Waals surface area contributed by atoms with E-state index in [2.05, 4.69) is 6.58 Å². The van der Waals surface area contributed by atoms with Crippen LogP contribution < -0.4 is 9.47 Å². The van der Waals surface area contributed by atoms with Crippen molar-refractivity contribution in [1.82, 2.24) is 4.90 Å². The summed E-state index contributed by atoms with van der Waals surface area (Å²) in [7, 11) is 3.24. The predicted octanol–water partition coefficient (Wildman–Crippen LogP) is 2.25. The molecular formula is C16H23NO4. The first-order valence-corrected chi connectivity index (χ1v) is 6.84. The van der Waals surface area contributed by atoms with E-state index in [4.69, 9.17) is 14.2 Å². The third-order valence-electron chi connectivity index (χ3n) is 2.93. The molecule has 0 heterocycles. The molecular weight excluding hydrogens is 270 g/mol. The summed E-state index contributed by atoms with van der Waals surface area (Å²) in [4.78, 5) is 13.6. The number of hydrogen-bond donors (Lipinski definition) is 0. The second kappa shape index (κ2) is 9.02. The van der Waals surface area contributed by atoms with Crippen molar-refractivity contribution in [2.45, 2.75) is 13.5 Å². The Labute approximate surface area is 126 Å². The molecule has 116 valence electrons. The van der Waals surface area contributed by atoms with Crippen LogP contribution in [0.2, 0.25) is 0 Å². The number of hydrogen-bond acceptors (Lipinski definition) is 5. The molecule has 5 heteroatoms. The van der Waals surface area contributed by atoms with Crippen LogP contribution in [0.4, 0.5) is 0 Å². The van der Waals surface area contributed by atoms with E-state index >= 15 is 0 Å². The molecule has 0 N–H and O–H groups in total. The van der Waals surface area contributed by atoms with E-state index in [0.717, 1.165) is 17.1 Å². The van der Waals surface area contributed by atoms with E-state index in [1.165, 1.54) is 0 Å². The number of esters is 1. The largest absolute Gasteiger partial charge is 0.497 e. The van der Waals surface area contributed by atoms with Crippen LogP contribution in [0, 0.1) is 0 Å². The Morgan fingerprint density at radius 1 is 1.33 bits per heavy atom. The lowest BCUT2D eigenvalue weighted by Crippen LogP contribution is -2.31. The monoisotopic (exact) mass is 293 g/mol. The lowest BCUT2D eigenvalue weighted by Gasteiger charge is -2.21. The molecule has 0 aliphatic carbocycles. The fraction of sp³-hybridized carbons (Fsp3) is 0.438. The number of carbonyl (C=O) groups is 1. The zero-order chi connectivity index (χ0) is 15.7. The quantitative estimate of drug-likeness (QED) is 0.516. The average Bonchev–Trinajstić information content (AvgIpc) is 2.47. The van der Waals surface area contributed by atoms with E-state index in [1.54, 1.807) is 27.2 Å². The van der Waals surface area contributed by atoms with Gasteiger partial charge in [0.05, 0.1) is 27.4 Å². The first-order chi connectivity index (χ1) is 10.1. The zero-order valence-corrected chi connectivity index (χ0v) is 12.9. The lowest BCUT2D eigenvalue weighted by molar-refractivity contribution is -0.144. The van der Waals surface area contributed by atoms with Crippen molar-refractivity contribution in [3.8, 4) is 11.5 Å². The Morgan fingerprint density at radius 3 is 2.67 bits per heavy atom. The van der Waals surface area contributed by atoms with Crippen molar-refractivity contribution in [3.05, 3.63) is 36.4 Å². The maximum atomic E-state index is 11.6. The molecule has 0 amide bonds. The molecule has 1 rings (SSSR count). The summed E-state index contributed by atoms with van der Waals surface area (Å²) < 4.78 is 15.6. The van der Waals surface area contributed by atoms with Crippen LogP contribution in [0.5, 0.6) is 11.5 Å². The molecule has 1 aromatic carbocycles. The summed E-state index contributed by atoms with van der Waals surface area (Å²) >= 11 is 0. The molecule has 21 heavy (non-hydrogen) atoms. The molecule has 0 bridgehead atoms. The van der Waals surface area contributed by atoms with Gasteiger partial charge in [0.2, 0.25) is 0 Å². The number of carbonyl (C=O) groups excluding carboxylic acids is 1. The van der Waals surface area contributed by atoms with Gasteiger partial charge in [0.15, 0.2) is 0 Å². The van der Waals surface area contributed by atoms with Crippen LogP contribution in [0.1, 0.15) is 12.5 Å². The normalized spacial score (nSPS) is 10.3. The van der Waals surface area contributed by atoms with Crippen LogP contribution in [0.25, 0.3) is 0 Å². The number of nitrogens with zero attached hydrogens (tertiary/aromatic N) is 1. The Hall–Kier alpha value is -2.01. The predicted molar refractivity (Wildman–Crippen MR) is 81.7 cm³/mol. The molecule has 0 unspecified atom stereocenters. The highest BCUT2D eigenvalue weighted by Gasteiger charge is 2.14. The van der Waals surface area contributed by atoms with Gasteiger partial charge in [0.25, 0.3) is 0 Å². The topological polar surface area (TPSA) is 48.0 Å². The molecule has 0 aliphatic rings. The van der Waals surface area contributed by atoms with E-state index in [-0.39, 0.29) is 12.5 Å². The Balaban J connectivity index is 2.86. The summed E-state index contributed by atoms with van der Waals surface area (Å²) in [5.74, 6) is 1.26. The van der Waals surface area contributed by atoms with E-state index in [1.807, 2.05) is 23.1 Å². The molecule has 0 radical (unpaired) electrons. The fourth-order valence-corrected chi connectivity index (χ4v) is 2.00. The second-order valence-electron chi connectivity index (χ2n) is 4.44. The van der Waals surface area contributed by atoms with Gasteiger partial charge in [-0.15, -0.1) is 6.58 Å². The minimum atomic E-state index is -0.249. The molecule has 0 atom stereocenters.